The molecule has 1 aliphatic heterocycles. The van der Waals surface area contributed by atoms with E-state index in [4.69, 9.17) is 0 Å². The standard InChI is InChI=1S/C8H15IN2O/c1-7(10-8(9)12)6-11-4-2-3-5-11/h7H,2-6H2,1H3,(H,10,12). The maximum absolute atomic E-state index is 10.7. The molecule has 0 saturated carbocycles. The van der Waals surface area contributed by atoms with Crippen LogP contribution in [0.25, 0.3) is 0 Å². The zero-order valence-electron chi connectivity index (χ0n) is 7.35. The van der Waals surface area contributed by atoms with Gasteiger partial charge in [-0.2, -0.15) is 0 Å². The van der Waals surface area contributed by atoms with Crippen LogP contribution in [-0.4, -0.2) is 34.5 Å². The van der Waals surface area contributed by atoms with Crippen LogP contribution in [0, 0.1) is 0 Å². The summed E-state index contributed by atoms with van der Waals surface area (Å²) in [4.78, 5) is 13.1. The molecule has 0 aromatic rings. The second kappa shape index (κ2) is 5.01. The zero-order chi connectivity index (χ0) is 8.97. The number of amides is 1. The van der Waals surface area contributed by atoms with Crippen molar-refractivity contribution < 1.29 is 4.79 Å². The molecule has 1 unspecified atom stereocenters. The zero-order valence-corrected chi connectivity index (χ0v) is 9.50. The molecule has 4 heteroatoms. The summed E-state index contributed by atoms with van der Waals surface area (Å²) in [5.41, 5.74) is 0. The van der Waals surface area contributed by atoms with Gasteiger partial charge in [0.1, 0.15) is 0 Å². The molecule has 70 valence electrons. The first-order chi connectivity index (χ1) is 5.68. The number of likely N-dealkylation sites (tertiary alicyclic amines) is 1. The maximum atomic E-state index is 10.7. The Morgan fingerprint density at radius 3 is 2.67 bits per heavy atom. The van der Waals surface area contributed by atoms with Crippen LogP contribution in [0.1, 0.15) is 19.8 Å². The molecule has 0 aromatic heterocycles. The van der Waals surface area contributed by atoms with Gasteiger partial charge in [0.15, 0.2) is 0 Å². The summed E-state index contributed by atoms with van der Waals surface area (Å²) >= 11 is 1.78. The molecule has 1 amide bonds. The number of carbonyl (C=O) groups is 1. The molecule has 1 N–H and O–H groups in total. The number of halogens is 1. The number of carbonyl (C=O) groups excluding carboxylic acids is 1. The highest BCUT2D eigenvalue weighted by molar-refractivity contribution is 14.1. The molecule has 0 aromatic carbocycles. The van der Waals surface area contributed by atoms with Gasteiger partial charge in [-0.05, 0) is 32.9 Å². The van der Waals surface area contributed by atoms with E-state index in [9.17, 15) is 4.79 Å². The maximum Gasteiger partial charge on any atom is 0.280 e. The minimum absolute atomic E-state index is 0.0410. The van der Waals surface area contributed by atoms with Gasteiger partial charge in [0.05, 0.1) is 0 Å². The summed E-state index contributed by atoms with van der Waals surface area (Å²) in [6.07, 6.45) is 2.62. The highest BCUT2D eigenvalue weighted by Crippen LogP contribution is 2.07. The van der Waals surface area contributed by atoms with E-state index in [2.05, 4.69) is 17.1 Å². The van der Waals surface area contributed by atoms with Crippen LogP contribution in [0.5, 0.6) is 0 Å². The van der Waals surface area contributed by atoms with E-state index in [0.29, 0.717) is 0 Å². The van der Waals surface area contributed by atoms with Gasteiger partial charge in [-0.1, -0.05) is 0 Å². The van der Waals surface area contributed by atoms with Crippen molar-refractivity contribution in [2.24, 2.45) is 0 Å². The van der Waals surface area contributed by atoms with E-state index in [1.54, 1.807) is 22.6 Å². The van der Waals surface area contributed by atoms with Crippen molar-refractivity contribution in [1.82, 2.24) is 10.2 Å². The predicted octanol–water partition coefficient (Wildman–Crippen LogP) is 1.62. The Morgan fingerprint density at radius 2 is 2.17 bits per heavy atom. The fourth-order valence-corrected chi connectivity index (χ4v) is 2.12. The lowest BCUT2D eigenvalue weighted by atomic mass is 10.3. The molecule has 0 radical (unpaired) electrons. The Kier molecular flexibility index (Phi) is 4.28. The van der Waals surface area contributed by atoms with Crippen molar-refractivity contribution >= 4 is 26.5 Å². The van der Waals surface area contributed by atoms with Gasteiger partial charge < -0.3 is 10.2 Å². The molecule has 1 rings (SSSR count). The fraction of sp³-hybridized carbons (Fsp3) is 0.875. The second-order valence-corrected chi connectivity index (χ2v) is 4.31. The summed E-state index contributed by atoms with van der Waals surface area (Å²) in [7, 11) is 0. The normalized spacial score (nSPS) is 20.8. The van der Waals surface area contributed by atoms with Gasteiger partial charge in [0.2, 0.25) is 0 Å². The summed E-state index contributed by atoms with van der Waals surface area (Å²) in [5, 5.41) is 2.88. The quantitative estimate of drug-likeness (QED) is 0.484. The van der Waals surface area contributed by atoms with Gasteiger partial charge >= 0.3 is 0 Å². The first kappa shape index (κ1) is 10.2. The lowest BCUT2D eigenvalue weighted by Crippen LogP contribution is -2.38. The third kappa shape index (κ3) is 3.71. The summed E-state index contributed by atoms with van der Waals surface area (Å²) in [6, 6.07) is 0.285. The third-order valence-electron chi connectivity index (χ3n) is 2.09. The molecule has 1 atom stereocenters. The highest BCUT2D eigenvalue weighted by Gasteiger charge is 2.14. The number of rotatable bonds is 3. The monoisotopic (exact) mass is 282 g/mol. The van der Waals surface area contributed by atoms with Gasteiger partial charge in [0, 0.05) is 35.2 Å². The largest absolute Gasteiger partial charge is 0.344 e. The summed E-state index contributed by atoms with van der Waals surface area (Å²) < 4.78 is 0.0410. The Morgan fingerprint density at radius 1 is 1.58 bits per heavy atom. The summed E-state index contributed by atoms with van der Waals surface area (Å²) in [6.45, 7) is 5.44. The molecule has 1 fully saturated rings. The SMILES string of the molecule is CC(CN1CCCC1)NC(=O)I. The molecule has 1 saturated heterocycles. The highest BCUT2D eigenvalue weighted by atomic mass is 127. The number of hydrogen-bond acceptors (Lipinski definition) is 2. The van der Waals surface area contributed by atoms with E-state index < -0.39 is 0 Å². The van der Waals surface area contributed by atoms with E-state index in [0.717, 1.165) is 6.54 Å². The van der Waals surface area contributed by atoms with Crippen LogP contribution in [0.4, 0.5) is 4.79 Å². The number of nitrogens with zero attached hydrogens (tertiary/aromatic N) is 1. The predicted molar refractivity (Wildman–Crippen MR) is 57.7 cm³/mol. The molecular weight excluding hydrogens is 267 g/mol. The van der Waals surface area contributed by atoms with Crippen LogP contribution >= 0.6 is 22.6 Å². The third-order valence-corrected chi connectivity index (χ3v) is 2.40. The summed E-state index contributed by atoms with van der Waals surface area (Å²) in [5.74, 6) is 0. The minimum Gasteiger partial charge on any atom is -0.344 e. The topological polar surface area (TPSA) is 32.3 Å². The van der Waals surface area contributed by atoms with E-state index >= 15 is 0 Å². The van der Waals surface area contributed by atoms with E-state index in [1.807, 2.05) is 0 Å². The lowest BCUT2D eigenvalue weighted by Gasteiger charge is -2.19. The van der Waals surface area contributed by atoms with Crippen LogP contribution in [0.3, 0.4) is 0 Å². The Bertz CT molecular complexity index is 157. The fourth-order valence-electron chi connectivity index (χ4n) is 1.59. The van der Waals surface area contributed by atoms with Crippen LogP contribution < -0.4 is 5.32 Å². The van der Waals surface area contributed by atoms with E-state index in [-0.39, 0.29) is 9.96 Å². The van der Waals surface area contributed by atoms with Crippen LogP contribution in [0.2, 0.25) is 0 Å². The molecule has 1 aliphatic rings. The smallest absolute Gasteiger partial charge is 0.280 e. The molecule has 0 spiro atoms. The molecular formula is C8H15IN2O. The average Bonchev–Trinajstić information content (AvgIpc) is 2.37. The van der Waals surface area contributed by atoms with Crippen LogP contribution in [-0.2, 0) is 0 Å². The van der Waals surface area contributed by atoms with Gasteiger partial charge in [-0.15, -0.1) is 0 Å². The number of hydrogen-bond donors (Lipinski definition) is 1. The van der Waals surface area contributed by atoms with Crippen molar-refractivity contribution in [2.45, 2.75) is 25.8 Å². The van der Waals surface area contributed by atoms with Crippen molar-refractivity contribution in [3.8, 4) is 0 Å². The van der Waals surface area contributed by atoms with Crippen molar-refractivity contribution in [3.63, 3.8) is 0 Å². The molecule has 0 bridgehead atoms. The molecule has 1 heterocycles. The van der Waals surface area contributed by atoms with Crippen molar-refractivity contribution in [1.29, 1.82) is 0 Å². The molecule has 3 nitrogen and oxygen atoms in total. The van der Waals surface area contributed by atoms with Gasteiger partial charge in [-0.25, -0.2) is 0 Å². The Hall–Kier alpha value is 0.160. The number of nitrogens with one attached hydrogen (secondary N) is 1. The first-order valence-electron chi connectivity index (χ1n) is 4.37. The molecule has 0 aliphatic carbocycles. The second-order valence-electron chi connectivity index (χ2n) is 3.33. The minimum atomic E-state index is 0.0410. The first-order valence-corrected chi connectivity index (χ1v) is 5.44. The average molecular weight is 282 g/mol. The Labute approximate surface area is 87.0 Å². The van der Waals surface area contributed by atoms with Gasteiger partial charge in [0.25, 0.3) is 3.91 Å². The van der Waals surface area contributed by atoms with Crippen molar-refractivity contribution in [2.75, 3.05) is 19.6 Å². The van der Waals surface area contributed by atoms with Gasteiger partial charge in [-0.3, -0.25) is 4.79 Å². The Balaban J connectivity index is 2.16. The van der Waals surface area contributed by atoms with E-state index in [1.165, 1.54) is 25.9 Å². The van der Waals surface area contributed by atoms with Crippen LogP contribution in [0.15, 0.2) is 0 Å². The van der Waals surface area contributed by atoms with Crippen molar-refractivity contribution in [3.05, 3.63) is 0 Å². The lowest BCUT2D eigenvalue weighted by molar-refractivity contribution is 0.253. The molecule has 12 heavy (non-hydrogen) atoms.